The van der Waals surface area contributed by atoms with Crippen molar-refractivity contribution in [1.29, 1.82) is 0 Å². The third-order valence-electron chi connectivity index (χ3n) is 4.85. The lowest BCUT2D eigenvalue weighted by Gasteiger charge is -2.32. The molecule has 0 bridgehead atoms. The number of nitrogens with one attached hydrogen (secondary N) is 1. The lowest BCUT2D eigenvalue weighted by molar-refractivity contribution is -0.122. The first-order valence-electron chi connectivity index (χ1n) is 8.69. The minimum atomic E-state index is -0.983. The minimum absolute atomic E-state index is 0. The summed E-state index contributed by atoms with van der Waals surface area (Å²) >= 11 is 0. The van der Waals surface area contributed by atoms with Crippen LogP contribution in [0.4, 0.5) is 0 Å². The summed E-state index contributed by atoms with van der Waals surface area (Å²) in [6.45, 7) is 1.84. The van der Waals surface area contributed by atoms with Gasteiger partial charge in [0, 0.05) is 36.8 Å². The molecule has 0 spiro atoms. The molecule has 5 N–H and O–H groups in total. The van der Waals surface area contributed by atoms with E-state index >= 15 is 0 Å². The molecule has 3 rings (SSSR count). The van der Waals surface area contributed by atoms with Gasteiger partial charge < -0.3 is 26.0 Å². The van der Waals surface area contributed by atoms with E-state index in [4.69, 9.17) is 15.2 Å². The van der Waals surface area contributed by atoms with E-state index in [1.807, 2.05) is 6.92 Å². The molecule has 9 heteroatoms. The van der Waals surface area contributed by atoms with Crippen molar-refractivity contribution in [3.05, 3.63) is 58.4 Å². The molecule has 0 aromatic heterocycles. The highest BCUT2D eigenvalue weighted by atomic mass is 35.5. The Kier molecular flexibility index (Phi) is 8.28. The molecule has 1 aliphatic carbocycles. The number of amides is 1. The van der Waals surface area contributed by atoms with Crippen LogP contribution in [0.5, 0.6) is 0 Å². The Morgan fingerprint density at radius 2 is 1.83 bits per heavy atom. The smallest absolute Gasteiger partial charge is 0.236 e. The molecular formula is C20H25ClN2O6. The van der Waals surface area contributed by atoms with Gasteiger partial charge in [-0.15, -0.1) is 12.4 Å². The number of carbonyl (C=O) groups excluding carboxylic acids is 3. The van der Waals surface area contributed by atoms with E-state index in [0.717, 1.165) is 0 Å². The summed E-state index contributed by atoms with van der Waals surface area (Å²) in [6.07, 6.45) is 0.912. The Labute approximate surface area is 174 Å². The van der Waals surface area contributed by atoms with E-state index in [9.17, 15) is 14.4 Å². The third kappa shape index (κ3) is 4.40. The van der Waals surface area contributed by atoms with Gasteiger partial charge in [0.05, 0.1) is 11.6 Å². The maximum absolute atomic E-state index is 12.9. The van der Waals surface area contributed by atoms with Crippen LogP contribution < -0.4 is 11.1 Å². The molecule has 1 amide bonds. The maximum Gasteiger partial charge on any atom is 0.236 e. The summed E-state index contributed by atoms with van der Waals surface area (Å²) in [5.41, 5.74) is 7.07. The normalized spacial score (nSPS) is 19.4. The molecular weight excluding hydrogens is 400 g/mol. The second-order valence-electron chi connectivity index (χ2n) is 6.62. The van der Waals surface area contributed by atoms with E-state index in [2.05, 4.69) is 5.32 Å². The standard InChI is InChI=1S/C20H22N2O5.ClH.H2O/c1-10(8-14(21)19(25)22-2)15-9-13-16(20(26-3)27-15)18(24)12-7-5-4-6-11(12)17(13)23;;/h4-7,9-10,14,20H,8,21H2,1-3H3,(H,22,25);1H;1H2. The molecule has 0 radical (unpaired) electrons. The van der Waals surface area contributed by atoms with Crippen LogP contribution in [-0.2, 0) is 14.3 Å². The number of fused-ring (bicyclic) bond motifs is 1. The van der Waals surface area contributed by atoms with Crippen molar-refractivity contribution in [2.24, 2.45) is 11.7 Å². The van der Waals surface area contributed by atoms with Crippen molar-refractivity contribution in [1.82, 2.24) is 5.32 Å². The van der Waals surface area contributed by atoms with E-state index in [1.165, 1.54) is 14.2 Å². The predicted molar refractivity (Wildman–Crippen MR) is 109 cm³/mol. The Morgan fingerprint density at radius 3 is 2.38 bits per heavy atom. The summed E-state index contributed by atoms with van der Waals surface area (Å²) < 4.78 is 11.2. The number of hydrogen-bond donors (Lipinski definition) is 2. The number of halogens is 1. The predicted octanol–water partition coefficient (Wildman–Crippen LogP) is 0.945. The fraction of sp³-hybridized carbons (Fsp3) is 0.350. The number of carbonyl (C=O) groups is 3. The maximum atomic E-state index is 12.9. The minimum Gasteiger partial charge on any atom is -0.464 e. The average Bonchev–Trinajstić information content (AvgIpc) is 2.70. The molecule has 29 heavy (non-hydrogen) atoms. The van der Waals surface area contributed by atoms with E-state index in [1.54, 1.807) is 30.3 Å². The van der Waals surface area contributed by atoms with E-state index < -0.39 is 12.3 Å². The van der Waals surface area contributed by atoms with Crippen molar-refractivity contribution in [2.75, 3.05) is 14.2 Å². The largest absolute Gasteiger partial charge is 0.464 e. The first-order chi connectivity index (χ1) is 12.9. The lowest BCUT2D eigenvalue weighted by atomic mass is 9.81. The summed E-state index contributed by atoms with van der Waals surface area (Å²) in [6, 6.07) is 5.98. The zero-order valence-electron chi connectivity index (χ0n) is 16.4. The van der Waals surface area contributed by atoms with Gasteiger partial charge in [0.25, 0.3) is 0 Å². The summed E-state index contributed by atoms with van der Waals surface area (Å²) in [5, 5.41) is 2.51. The number of Topliss-reactive ketones (excluding diaryl/α,β-unsaturated/α-hetero) is 2. The van der Waals surface area contributed by atoms with Crippen molar-refractivity contribution >= 4 is 29.9 Å². The van der Waals surface area contributed by atoms with E-state index in [-0.39, 0.29) is 52.4 Å². The Balaban J connectivity index is 0.00000210. The number of rotatable bonds is 5. The zero-order valence-corrected chi connectivity index (χ0v) is 17.2. The van der Waals surface area contributed by atoms with Gasteiger partial charge >= 0.3 is 0 Å². The molecule has 1 aromatic carbocycles. The van der Waals surface area contributed by atoms with Crippen LogP contribution >= 0.6 is 12.4 Å². The Morgan fingerprint density at radius 1 is 1.24 bits per heavy atom. The first-order valence-corrected chi connectivity index (χ1v) is 8.69. The monoisotopic (exact) mass is 424 g/mol. The Hall–Kier alpha value is -2.52. The first kappa shape index (κ1) is 24.5. The molecule has 0 saturated heterocycles. The molecule has 8 nitrogen and oxygen atoms in total. The molecule has 1 heterocycles. The fourth-order valence-corrected chi connectivity index (χ4v) is 3.36. The third-order valence-corrected chi connectivity index (χ3v) is 4.85. The number of nitrogens with two attached hydrogens (primary N) is 1. The molecule has 3 atom stereocenters. The molecule has 3 unspecified atom stereocenters. The summed E-state index contributed by atoms with van der Waals surface area (Å²) in [7, 11) is 2.93. The van der Waals surface area contributed by atoms with Crippen LogP contribution in [-0.4, -0.2) is 49.4 Å². The second-order valence-corrected chi connectivity index (χ2v) is 6.62. The molecule has 1 aromatic rings. The van der Waals surface area contributed by atoms with E-state index in [0.29, 0.717) is 23.3 Å². The zero-order chi connectivity index (χ0) is 19.7. The molecule has 158 valence electrons. The van der Waals surface area contributed by atoms with Gasteiger partial charge in [0.2, 0.25) is 12.2 Å². The molecule has 0 saturated carbocycles. The number of likely N-dealkylation sites (N-methyl/N-ethyl adjacent to an activating group) is 1. The van der Waals surface area contributed by atoms with Crippen LogP contribution in [0, 0.1) is 5.92 Å². The highest BCUT2D eigenvalue weighted by molar-refractivity contribution is 6.28. The fourth-order valence-electron chi connectivity index (χ4n) is 3.36. The number of methoxy groups -OCH3 is 1. The van der Waals surface area contributed by atoms with Crippen LogP contribution in [0.2, 0.25) is 0 Å². The van der Waals surface area contributed by atoms with Gasteiger partial charge in [-0.25, -0.2) is 0 Å². The number of ketones is 2. The van der Waals surface area contributed by atoms with Crippen molar-refractivity contribution in [3.63, 3.8) is 0 Å². The van der Waals surface area contributed by atoms with Gasteiger partial charge in [0.15, 0.2) is 11.6 Å². The van der Waals surface area contributed by atoms with Crippen molar-refractivity contribution < 1.29 is 29.3 Å². The highest BCUT2D eigenvalue weighted by Gasteiger charge is 2.40. The van der Waals surface area contributed by atoms with Crippen LogP contribution in [0.15, 0.2) is 47.2 Å². The van der Waals surface area contributed by atoms with Crippen LogP contribution in [0.25, 0.3) is 0 Å². The quantitative estimate of drug-likeness (QED) is 0.721. The summed E-state index contributed by atoms with van der Waals surface area (Å²) in [5.74, 6) is -0.591. The van der Waals surface area contributed by atoms with Gasteiger partial charge in [-0.2, -0.15) is 0 Å². The molecule has 0 fully saturated rings. The number of hydrogen-bond acceptors (Lipinski definition) is 6. The average molecular weight is 425 g/mol. The van der Waals surface area contributed by atoms with Gasteiger partial charge in [-0.3, -0.25) is 14.4 Å². The number of allylic oxidation sites excluding steroid dienone is 3. The highest BCUT2D eigenvalue weighted by Crippen LogP contribution is 2.36. The van der Waals surface area contributed by atoms with Crippen LogP contribution in [0.3, 0.4) is 0 Å². The van der Waals surface area contributed by atoms with Gasteiger partial charge in [-0.05, 0) is 12.5 Å². The summed E-state index contributed by atoms with van der Waals surface area (Å²) in [4.78, 5) is 37.5. The lowest BCUT2D eigenvalue weighted by Crippen LogP contribution is -2.40. The van der Waals surface area contributed by atoms with Gasteiger partial charge in [0.1, 0.15) is 5.76 Å². The number of benzene rings is 1. The SMILES string of the molecule is CNC(=O)C(N)CC(C)C1=CC2=C(C(=O)c3ccccc3C2=O)C(OC)O1.Cl.O. The van der Waals surface area contributed by atoms with Crippen molar-refractivity contribution in [3.8, 4) is 0 Å². The molecule has 2 aliphatic rings. The second kappa shape index (κ2) is 9.80. The Bertz CT molecular complexity index is 879. The van der Waals surface area contributed by atoms with Crippen molar-refractivity contribution in [2.45, 2.75) is 25.7 Å². The topological polar surface area (TPSA) is 139 Å². The van der Waals surface area contributed by atoms with Crippen LogP contribution in [0.1, 0.15) is 34.1 Å². The van der Waals surface area contributed by atoms with Gasteiger partial charge in [-0.1, -0.05) is 31.2 Å². The number of ether oxygens (including phenoxy) is 2. The molecule has 1 aliphatic heterocycles.